The summed E-state index contributed by atoms with van der Waals surface area (Å²) in [6.07, 6.45) is 15.8. The van der Waals surface area contributed by atoms with Gasteiger partial charge in [0.2, 0.25) is 0 Å². The van der Waals surface area contributed by atoms with Crippen LogP contribution in [0.5, 0.6) is 0 Å². The van der Waals surface area contributed by atoms with E-state index in [2.05, 4.69) is 89.5 Å². The number of amides is 2. The number of aromatic nitrogens is 1. The zero-order chi connectivity index (χ0) is 36.1. The molecule has 2 aromatic rings. The minimum absolute atomic E-state index is 0.0726. The van der Waals surface area contributed by atoms with Gasteiger partial charge in [-0.05, 0) is 96.0 Å². The Balaban J connectivity index is 1.29. The zero-order valence-electron chi connectivity index (χ0n) is 29.1. The van der Waals surface area contributed by atoms with Crippen molar-refractivity contribution in [2.45, 2.75) is 102 Å². The molecule has 3 aliphatic heterocycles. The van der Waals surface area contributed by atoms with E-state index in [1.54, 1.807) is 0 Å². The van der Waals surface area contributed by atoms with Gasteiger partial charge in [0.05, 0.1) is 34.0 Å². The van der Waals surface area contributed by atoms with Crippen LogP contribution in [0, 0.1) is 0 Å². The van der Waals surface area contributed by atoms with Gasteiger partial charge in [-0.1, -0.05) is 50.5 Å². The molecule has 1 fully saturated rings. The number of fused-ring (bicyclic) bond motifs is 2. The average Bonchev–Trinajstić information content (AvgIpc) is 3.60. The van der Waals surface area contributed by atoms with Crippen molar-refractivity contribution in [2.75, 3.05) is 11.4 Å². The van der Waals surface area contributed by atoms with E-state index in [1.807, 2.05) is 36.4 Å². The van der Waals surface area contributed by atoms with Crippen LogP contribution in [0.3, 0.4) is 0 Å². The molecule has 0 radical (unpaired) electrons. The topological polar surface area (TPSA) is 122 Å². The number of pyridine rings is 1. The summed E-state index contributed by atoms with van der Waals surface area (Å²) in [6, 6.07) is 8.15. The van der Waals surface area contributed by atoms with Gasteiger partial charge >= 0.3 is 11.8 Å². The SMILES string of the molecule is CCC[n+]1cc(Br)cc2c1N=C(/C=C/C=C/C=C1/N(CCCCCC(=O)ON3C(=O)CCC3=O)c3ccc(SOOO)cc3C1(C)C)C2(C)C. The van der Waals surface area contributed by atoms with Crippen molar-refractivity contribution in [3.8, 4) is 0 Å². The quantitative estimate of drug-likeness (QED) is 0.0367. The molecule has 1 aromatic carbocycles. The van der Waals surface area contributed by atoms with Gasteiger partial charge in [-0.2, -0.15) is 0 Å². The smallest absolute Gasteiger partial charge is 0.333 e. The number of aryl methyl sites for hydroxylation is 1. The summed E-state index contributed by atoms with van der Waals surface area (Å²) >= 11 is 4.60. The summed E-state index contributed by atoms with van der Waals surface area (Å²) in [4.78, 5) is 48.9. The maximum absolute atomic E-state index is 12.3. The van der Waals surface area contributed by atoms with Crippen LogP contribution in [0.15, 0.2) is 80.9 Å². The summed E-state index contributed by atoms with van der Waals surface area (Å²) in [7, 11) is 0. The molecule has 0 atom stereocenters. The molecule has 13 heteroatoms. The van der Waals surface area contributed by atoms with Gasteiger partial charge in [0, 0.05) is 47.5 Å². The van der Waals surface area contributed by atoms with Crippen molar-refractivity contribution in [3.05, 3.63) is 82.1 Å². The van der Waals surface area contributed by atoms with Gasteiger partial charge in [-0.25, -0.2) is 14.6 Å². The summed E-state index contributed by atoms with van der Waals surface area (Å²) in [6.45, 7) is 12.5. The van der Waals surface area contributed by atoms with E-state index in [-0.39, 0.29) is 30.1 Å². The summed E-state index contributed by atoms with van der Waals surface area (Å²) in [5, 5.41) is 13.1. The van der Waals surface area contributed by atoms with Crippen LogP contribution < -0.4 is 9.47 Å². The Hall–Kier alpha value is -3.62. The fraction of sp³-hybridized carbons (Fsp3) is 0.432. The van der Waals surface area contributed by atoms with Crippen LogP contribution in [0.4, 0.5) is 11.5 Å². The summed E-state index contributed by atoms with van der Waals surface area (Å²) in [5.74, 6) is -0.526. The molecule has 0 saturated carbocycles. The number of hydroxylamine groups is 2. The Kier molecular flexibility index (Phi) is 12.2. The van der Waals surface area contributed by atoms with Crippen LogP contribution >= 0.6 is 28.0 Å². The number of rotatable bonds is 15. The number of halogens is 1. The van der Waals surface area contributed by atoms with Gasteiger partial charge < -0.3 is 9.74 Å². The first-order valence-corrected chi connectivity index (χ1v) is 18.4. The fourth-order valence-corrected chi connectivity index (χ4v) is 7.49. The lowest BCUT2D eigenvalue weighted by Gasteiger charge is -2.27. The molecule has 3 aliphatic rings. The van der Waals surface area contributed by atoms with Gasteiger partial charge in [0.15, 0.2) is 5.71 Å². The zero-order valence-corrected chi connectivity index (χ0v) is 31.5. The fourth-order valence-electron chi connectivity index (χ4n) is 6.62. The predicted molar refractivity (Wildman–Crippen MR) is 194 cm³/mol. The first-order chi connectivity index (χ1) is 23.9. The van der Waals surface area contributed by atoms with E-state index in [4.69, 9.17) is 19.4 Å². The molecule has 0 spiro atoms. The number of anilines is 1. The largest absolute Gasteiger partial charge is 0.344 e. The molecule has 1 saturated heterocycles. The minimum Gasteiger partial charge on any atom is -0.344 e. The Morgan fingerprint density at radius 2 is 1.80 bits per heavy atom. The number of nitrogens with zero attached hydrogens (tertiary/aromatic N) is 4. The first kappa shape index (κ1) is 37.6. The second-order valence-electron chi connectivity index (χ2n) is 13.5. The molecule has 11 nitrogen and oxygen atoms in total. The van der Waals surface area contributed by atoms with Crippen molar-refractivity contribution >= 4 is 63.0 Å². The average molecular weight is 769 g/mol. The highest BCUT2D eigenvalue weighted by molar-refractivity contribution is 9.10. The highest BCUT2D eigenvalue weighted by Gasteiger charge is 2.43. The van der Waals surface area contributed by atoms with Crippen molar-refractivity contribution in [2.24, 2.45) is 4.99 Å². The molecule has 50 heavy (non-hydrogen) atoms. The van der Waals surface area contributed by atoms with E-state index >= 15 is 0 Å². The Labute approximate surface area is 305 Å². The van der Waals surface area contributed by atoms with Crippen molar-refractivity contribution < 1.29 is 38.4 Å². The predicted octanol–water partition coefficient (Wildman–Crippen LogP) is 7.90. The molecule has 5 rings (SSSR count). The molecular weight excluding hydrogens is 724 g/mol. The number of hydrogen-bond acceptors (Lipinski definition) is 10. The molecule has 0 unspecified atom stereocenters. The number of hydrogen-bond donors (Lipinski definition) is 1. The van der Waals surface area contributed by atoms with Crippen LogP contribution in [0.1, 0.15) is 90.7 Å². The lowest BCUT2D eigenvalue weighted by Crippen LogP contribution is -2.35. The number of carbonyl (C=O) groups is 3. The van der Waals surface area contributed by atoms with E-state index in [0.717, 1.165) is 75.7 Å². The highest BCUT2D eigenvalue weighted by Crippen LogP contribution is 2.49. The van der Waals surface area contributed by atoms with Gasteiger partial charge in [0.25, 0.3) is 11.8 Å². The van der Waals surface area contributed by atoms with Gasteiger partial charge in [0.1, 0.15) is 6.20 Å². The number of imide groups is 1. The minimum atomic E-state index is -0.581. The van der Waals surface area contributed by atoms with Gasteiger partial charge in [-0.15, -0.1) is 9.40 Å². The van der Waals surface area contributed by atoms with Crippen molar-refractivity contribution in [3.63, 3.8) is 0 Å². The van der Waals surface area contributed by atoms with Crippen LogP contribution in [-0.4, -0.2) is 40.4 Å². The first-order valence-electron chi connectivity index (χ1n) is 16.9. The van der Waals surface area contributed by atoms with Crippen LogP contribution in [-0.2, 0) is 46.0 Å². The highest BCUT2D eigenvalue weighted by atomic mass is 79.9. The maximum atomic E-state index is 12.3. The van der Waals surface area contributed by atoms with Crippen molar-refractivity contribution in [1.29, 1.82) is 0 Å². The Bertz CT molecular complexity index is 1750. The third-order valence-electron chi connectivity index (χ3n) is 9.29. The van der Waals surface area contributed by atoms with Crippen molar-refractivity contribution in [1.82, 2.24) is 5.06 Å². The lowest BCUT2D eigenvalue weighted by molar-refractivity contribution is -0.684. The molecule has 1 N–H and O–H groups in total. The van der Waals surface area contributed by atoms with E-state index < -0.39 is 17.8 Å². The molecular formula is C37H44BrN4O7S+. The normalized spacial score (nSPS) is 18.5. The van der Waals surface area contributed by atoms with E-state index in [0.29, 0.717) is 18.0 Å². The lowest BCUT2D eigenvalue weighted by atomic mass is 9.82. The third-order valence-corrected chi connectivity index (χ3v) is 10.3. The van der Waals surface area contributed by atoms with Crippen LogP contribution in [0.2, 0.25) is 0 Å². The molecule has 2 amide bonds. The summed E-state index contributed by atoms with van der Waals surface area (Å²) < 4.78 is 7.96. The van der Waals surface area contributed by atoms with E-state index in [1.165, 1.54) is 5.56 Å². The number of aliphatic imine (C=N–C) groups is 1. The number of unbranched alkanes of at least 4 members (excludes halogenated alkanes) is 2. The Morgan fingerprint density at radius 3 is 2.52 bits per heavy atom. The third kappa shape index (κ3) is 8.13. The van der Waals surface area contributed by atoms with E-state index in [9.17, 15) is 14.4 Å². The number of allylic oxidation sites excluding steroid dienone is 6. The molecule has 0 bridgehead atoms. The molecule has 266 valence electrons. The maximum Gasteiger partial charge on any atom is 0.333 e. The number of carbonyl (C=O) groups excluding carboxylic acids is 3. The summed E-state index contributed by atoms with van der Waals surface area (Å²) in [5.41, 5.74) is 4.91. The van der Waals surface area contributed by atoms with Crippen LogP contribution in [0.25, 0.3) is 0 Å². The number of benzene rings is 1. The standard InChI is InChI=1S/C37H43BrN4O7S/c1-6-20-40-24-25(38)22-28-35(40)39-30(36(28,2)3)13-9-7-10-14-31-37(4,5)27-23-26(50-49-48-46)16-17-29(27)41(31)21-12-8-11-15-34(45)47-42-32(43)18-19-33(42)44/h7,9-10,13-14,16-17,22-24H,6,8,11-12,15,18-21H2,1-5H3/p+1. The second kappa shape index (κ2) is 16.2. The second-order valence-corrected chi connectivity index (χ2v) is 15.2. The van der Waals surface area contributed by atoms with Gasteiger partial charge in [-0.3, -0.25) is 9.59 Å². The molecule has 1 aromatic heterocycles. The molecule has 0 aliphatic carbocycles. The Morgan fingerprint density at radius 1 is 1.04 bits per heavy atom. The molecule has 4 heterocycles. The monoisotopic (exact) mass is 767 g/mol.